The summed E-state index contributed by atoms with van der Waals surface area (Å²) in [5.74, 6) is 0.221. The second-order valence-electron chi connectivity index (χ2n) is 12.9. The van der Waals surface area contributed by atoms with E-state index in [1.807, 2.05) is 25.8 Å². The zero-order valence-electron chi connectivity index (χ0n) is 27.3. The van der Waals surface area contributed by atoms with Crippen LogP contribution in [0.4, 0.5) is 13.2 Å². The van der Waals surface area contributed by atoms with E-state index in [4.69, 9.17) is 14.2 Å². The van der Waals surface area contributed by atoms with Gasteiger partial charge in [0.15, 0.2) is 11.5 Å². The topological polar surface area (TPSA) is 115 Å². The minimum atomic E-state index is -4.53. The van der Waals surface area contributed by atoms with Gasteiger partial charge in [-0.2, -0.15) is 18.4 Å². The molecule has 0 aliphatic carbocycles. The van der Waals surface area contributed by atoms with Crippen LogP contribution in [0.2, 0.25) is 0 Å². The molecule has 0 spiro atoms. The number of phenols is 2. The van der Waals surface area contributed by atoms with Crippen molar-refractivity contribution in [2.24, 2.45) is 0 Å². The summed E-state index contributed by atoms with van der Waals surface area (Å²) in [4.78, 5) is 17.2. The molecule has 3 aromatic rings. The van der Waals surface area contributed by atoms with E-state index in [1.165, 1.54) is 18.2 Å². The number of alkyl halides is 3. The minimum absolute atomic E-state index is 0. The molecule has 5 atom stereocenters. The van der Waals surface area contributed by atoms with Crippen molar-refractivity contribution in [2.45, 2.75) is 70.0 Å². The SMILES string of the molecule is Cc1cc2c(c(O)c1C)[C@H]1C3Cc4c(O)c(C)c5c(c4[C@H](COC(=O)/C=C/c4cccc(C(F)(F)F)c4)N3[C@@H](C#N)[C@H](C2)N1C)OCO5.[Ac]. The van der Waals surface area contributed by atoms with Gasteiger partial charge in [-0.3, -0.25) is 9.80 Å². The summed E-state index contributed by atoms with van der Waals surface area (Å²) >= 11 is 0. The molecule has 49 heavy (non-hydrogen) atoms. The van der Waals surface area contributed by atoms with Crippen LogP contribution in [0.15, 0.2) is 36.4 Å². The number of piperazine rings is 1. The fourth-order valence-corrected chi connectivity index (χ4v) is 8.06. The number of hydrogen-bond donors (Lipinski definition) is 2. The molecule has 1 radical (unpaired) electrons. The van der Waals surface area contributed by atoms with Crippen molar-refractivity contribution in [3.05, 3.63) is 86.5 Å². The van der Waals surface area contributed by atoms with Crippen LogP contribution in [-0.2, 0) is 28.5 Å². The van der Waals surface area contributed by atoms with Crippen molar-refractivity contribution in [1.82, 2.24) is 9.80 Å². The predicted molar refractivity (Wildman–Crippen MR) is 167 cm³/mol. The summed E-state index contributed by atoms with van der Waals surface area (Å²) in [6, 6.07) is 6.69. The first-order valence-corrected chi connectivity index (χ1v) is 15.7. The molecule has 3 aromatic carbocycles. The zero-order chi connectivity index (χ0) is 34.2. The molecular formula is C36H34AcF3N3O6. The molecule has 1 unspecified atom stereocenters. The summed E-state index contributed by atoms with van der Waals surface area (Å²) in [5, 5.41) is 33.8. The van der Waals surface area contributed by atoms with Gasteiger partial charge < -0.3 is 24.4 Å². The molecule has 0 aromatic heterocycles. The third kappa shape index (κ3) is 5.79. The fraction of sp³-hybridized carbons (Fsp3) is 0.389. The van der Waals surface area contributed by atoms with Crippen molar-refractivity contribution in [3.63, 3.8) is 0 Å². The Kier molecular flexibility index (Phi) is 9.51. The number of aromatic hydroxyl groups is 2. The van der Waals surface area contributed by atoms with Crippen molar-refractivity contribution in [3.8, 4) is 29.1 Å². The number of rotatable bonds is 4. The number of carbonyl (C=O) groups excluding carboxylic acids is 1. The molecule has 7 rings (SSSR count). The van der Waals surface area contributed by atoms with Crippen molar-refractivity contribution in [1.29, 1.82) is 5.26 Å². The average molecular weight is 889 g/mol. The Balaban J connectivity index is 0.00000417. The Morgan fingerprint density at radius 2 is 1.80 bits per heavy atom. The standard InChI is InChI=1S/C36H34F3N3O6.Ac/c1-17-10-21-12-24-26(14-40)42-25(31(41(24)4)29(21)33(45)18(17)2)13-23-30(35-34(47-16-48-35)19(3)32(23)44)27(42)15-46-28(43)9-8-20-6-5-7-22(11-20)36(37,38)39;/h5-11,24-27,31,44-45H,12-13,15-16H2,1-4H3;/b9-8+;/t24-,25?,26-,27-,31+;/m0./s1. The summed E-state index contributed by atoms with van der Waals surface area (Å²) in [7, 11) is 1.95. The number of halogens is 3. The molecule has 1 fully saturated rings. The van der Waals surface area contributed by atoms with Crippen molar-refractivity contribution >= 4 is 12.0 Å². The molecule has 0 amide bonds. The Morgan fingerprint density at radius 1 is 1.06 bits per heavy atom. The van der Waals surface area contributed by atoms with Gasteiger partial charge in [0.1, 0.15) is 24.1 Å². The van der Waals surface area contributed by atoms with Crippen LogP contribution in [0.5, 0.6) is 23.0 Å². The number of benzene rings is 3. The number of nitrogens with zero attached hydrogens (tertiary/aromatic N) is 3. The van der Waals surface area contributed by atoms with Crippen molar-refractivity contribution < 1.29 is 86.5 Å². The number of nitriles is 1. The molecule has 4 aliphatic heterocycles. The number of ether oxygens (including phenoxy) is 3. The molecule has 2 N–H and O–H groups in total. The third-order valence-electron chi connectivity index (χ3n) is 10.5. The first-order chi connectivity index (χ1) is 22.8. The van der Waals surface area contributed by atoms with Gasteiger partial charge in [-0.15, -0.1) is 0 Å². The monoisotopic (exact) mass is 888 g/mol. The smallest absolute Gasteiger partial charge is 0.416 e. The minimum Gasteiger partial charge on any atom is -0.507 e. The van der Waals surface area contributed by atoms with E-state index in [9.17, 15) is 33.4 Å². The van der Waals surface area contributed by atoms with Gasteiger partial charge in [-0.1, -0.05) is 18.2 Å². The van der Waals surface area contributed by atoms with Crippen LogP contribution in [-0.4, -0.2) is 64.6 Å². The molecule has 13 heteroatoms. The molecule has 1 saturated heterocycles. The van der Waals surface area contributed by atoms with E-state index >= 15 is 0 Å². The number of likely N-dealkylation sites (N-methyl/N-ethyl adjacent to an activating group) is 1. The maximum atomic E-state index is 13.2. The van der Waals surface area contributed by atoms with Gasteiger partial charge in [-0.05, 0) is 81.1 Å². The van der Waals surface area contributed by atoms with Crippen LogP contribution >= 0.6 is 0 Å². The molecule has 9 nitrogen and oxygen atoms in total. The summed E-state index contributed by atoms with van der Waals surface area (Å²) in [6.45, 7) is 5.23. The summed E-state index contributed by atoms with van der Waals surface area (Å²) in [6.07, 6.45) is -1.40. The first kappa shape index (κ1) is 35.5. The molecule has 2 bridgehead atoms. The number of phenolic OH excluding ortho intramolecular Hbond substituents is 2. The van der Waals surface area contributed by atoms with Crippen molar-refractivity contribution in [2.75, 3.05) is 20.4 Å². The Bertz CT molecular complexity index is 1930. The second-order valence-corrected chi connectivity index (χ2v) is 12.9. The van der Waals surface area contributed by atoms with E-state index in [0.717, 1.165) is 40.5 Å². The Labute approximate surface area is 317 Å². The number of hydrogen-bond acceptors (Lipinski definition) is 9. The van der Waals surface area contributed by atoms with Gasteiger partial charge in [0.25, 0.3) is 0 Å². The van der Waals surface area contributed by atoms with E-state index in [2.05, 4.69) is 17.0 Å². The van der Waals surface area contributed by atoms with Gasteiger partial charge >= 0.3 is 12.1 Å². The average Bonchev–Trinajstić information content (AvgIpc) is 3.54. The van der Waals surface area contributed by atoms with E-state index in [0.29, 0.717) is 41.0 Å². The maximum absolute atomic E-state index is 13.2. The van der Waals surface area contributed by atoms with Gasteiger partial charge in [-0.25, -0.2) is 4.79 Å². The molecule has 0 saturated carbocycles. The summed E-state index contributed by atoms with van der Waals surface area (Å²) < 4.78 is 57.1. The third-order valence-corrected chi connectivity index (χ3v) is 10.5. The van der Waals surface area contributed by atoms with Crippen LogP contribution in [0, 0.1) is 76.2 Å². The van der Waals surface area contributed by atoms with Crippen LogP contribution in [0.1, 0.15) is 62.2 Å². The van der Waals surface area contributed by atoms with Gasteiger partial charge in [0, 0.05) is 84.5 Å². The van der Waals surface area contributed by atoms with E-state index in [-0.39, 0.29) is 86.6 Å². The molecule has 4 heterocycles. The molecular weight excluding hydrogens is 854 g/mol. The van der Waals surface area contributed by atoms with Crippen LogP contribution < -0.4 is 9.47 Å². The quantitative estimate of drug-likeness (QED) is 0.248. The molecule has 253 valence electrons. The fourth-order valence-electron chi connectivity index (χ4n) is 8.06. The number of carbonyl (C=O) groups is 1. The maximum Gasteiger partial charge on any atom is 0.416 e. The number of fused-ring (bicyclic) bond motifs is 9. The number of aryl methyl sites for hydroxylation is 1. The zero-order valence-corrected chi connectivity index (χ0v) is 32.1. The Morgan fingerprint density at radius 3 is 2.51 bits per heavy atom. The van der Waals surface area contributed by atoms with Crippen LogP contribution in [0.3, 0.4) is 0 Å². The molecule has 4 aliphatic rings. The van der Waals surface area contributed by atoms with Gasteiger partial charge in [0.05, 0.1) is 23.7 Å². The van der Waals surface area contributed by atoms with E-state index in [1.54, 1.807) is 6.92 Å². The normalized spacial score (nSPS) is 24.0. The van der Waals surface area contributed by atoms with Crippen LogP contribution in [0.25, 0.3) is 6.08 Å². The largest absolute Gasteiger partial charge is 0.507 e. The first-order valence-electron chi connectivity index (χ1n) is 15.7. The van der Waals surface area contributed by atoms with E-state index < -0.39 is 35.8 Å². The Hall–Kier alpha value is -3.29. The number of esters is 1. The predicted octanol–water partition coefficient (Wildman–Crippen LogP) is 5.80. The second kappa shape index (κ2) is 13.1. The summed E-state index contributed by atoms with van der Waals surface area (Å²) in [5.41, 5.74) is 4.46. The van der Waals surface area contributed by atoms with Gasteiger partial charge in [0.2, 0.25) is 6.79 Å².